The van der Waals surface area contributed by atoms with E-state index >= 15 is 0 Å². The Hall–Kier alpha value is -3.17. The molecule has 1 heterocycles. The molecule has 0 aliphatic heterocycles. The third-order valence-corrected chi connectivity index (χ3v) is 5.09. The Kier molecular flexibility index (Phi) is 6.07. The standard InChI is InChI=1S/C18H15ClN4O4S/c19-15-4-1-2-5-16(15)27-12-17(24)22-13-6-8-14(9-7-13)28(25,26)23-18-20-10-3-11-21-18/h1-11H,12H2,(H,22,24)(H,20,21,23). The summed E-state index contributed by atoms with van der Waals surface area (Å²) in [5, 5.41) is 3.02. The molecule has 2 N–H and O–H groups in total. The lowest BCUT2D eigenvalue weighted by atomic mass is 10.3. The Balaban J connectivity index is 1.59. The van der Waals surface area contributed by atoms with Crippen LogP contribution in [0.4, 0.5) is 11.6 Å². The SMILES string of the molecule is O=C(COc1ccccc1Cl)Nc1ccc(S(=O)(=O)Nc2ncccn2)cc1. The zero-order valence-corrected chi connectivity index (χ0v) is 15.9. The van der Waals surface area contributed by atoms with Crippen LogP contribution in [0.5, 0.6) is 5.75 Å². The fourth-order valence-electron chi connectivity index (χ4n) is 2.15. The van der Waals surface area contributed by atoms with Crippen molar-refractivity contribution < 1.29 is 17.9 Å². The van der Waals surface area contributed by atoms with Crippen LogP contribution in [-0.4, -0.2) is 30.9 Å². The number of amides is 1. The summed E-state index contributed by atoms with van der Waals surface area (Å²) >= 11 is 5.96. The summed E-state index contributed by atoms with van der Waals surface area (Å²) in [6.07, 6.45) is 2.85. The van der Waals surface area contributed by atoms with Gasteiger partial charge in [-0.2, -0.15) is 0 Å². The predicted octanol–water partition coefficient (Wildman–Crippen LogP) is 2.95. The molecule has 0 saturated carbocycles. The Morgan fingerprint density at radius 2 is 1.68 bits per heavy atom. The van der Waals surface area contributed by atoms with Crippen LogP contribution in [0.3, 0.4) is 0 Å². The number of aromatic nitrogens is 2. The van der Waals surface area contributed by atoms with Crippen LogP contribution in [-0.2, 0) is 14.8 Å². The van der Waals surface area contributed by atoms with Crippen molar-refractivity contribution in [3.8, 4) is 5.75 Å². The summed E-state index contributed by atoms with van der Waals surface area (Å²) in [6, 6.07) is 14.0. The van der Waals surface area contributed by atoms with Gasteiger partial charge in [0, 0.05) is 18.1 Å². The third-order valence-electron chi connectivity index (χ3n) is 3.44. The average molecular weight is 419 g/mol. The monoisotopic (exact) mass is 418 g/mol. The minimum atomic E-state index is -3.84. The second-order valence-corrected chi connectivity index (χ2v) is 7.56. The zero-order valence-electron chi connectivity index (χ0n) is 14.4. The molecule has 0 bridgehead atoms. The summed E-state index contributed by atoms with van der Waals surface area (Å²) < 4.78 is 32.3. The van der Waals surface area contributed by atoms with Gasteiger partial charge in [0.25, 0.3) is 15.9 Å². The third kappa shape index (κ3) is 5.18. The molecule has 1 aromatic heterocycles. The Labute approximate surface area is 166 Å². The number of hydrogen-bond acceptors (Lipinski definition) is 6. The van der Waals surface area contributed by atoms with E-state index in [0.717, 1.165) is 0 Å². The fraction of sp³-hybridized carbons (Fsp3) is 0.0556. The molecule has 0 radical (unpaired) electrons. The van der Waals surface area contributed by atoms with Crippen molar-refractivity contribution in [2.75, 3.05) is 16.6 Å². The highest BCUT2D eigenvalue weighted by Gasteiger charge is 2.15. The number of halogens is 1. The molecular weight excluding hydrogens is 404 g/mol. The molecule has 3 rings (SSSR count). The highest BCUT2D eigenvalue weighted by Crippen LogP contribution is 2.23. The van der Waals surface area contributed by atoms with Crippen LogP contribution in [0.25, 0.3) is 0 Å². The maximum Gasteiger partial charge on any atom is 0.264 e. The van der Waals surface area contributed by atoms with E-state index in [1.165, 1.54) is 36.7 Å². The lowest BCUT2D eigenvalue weighted by Crippen LogP contribution is -2.20. The maximum atomic E-state index is 12.3. The minimum Gasteiger partial charge on any atom is -0.482 e. The summed E-state index contributed by atoms with van der Waals surface area (Å²) in [5.41, 5.74) is 0.419. The molecule has 8 nitrogen and oxygen atoms in total. The highest BCUT2D eigenvalue weighted by molar-refractivity contribution is 7.92. The molecule has 1 amide bonds. The van der Waals surface area contributed by atoms with Crippen molar-refractivity contribution in [2.24, 2.45) is 0 Å². The maximum absolute atomic E-state index is 12.3. The fourth-order valence-corrected chi connectivity index (χ4v) is 3.30. The molecular formula is C18H15ClN4O4S. The van der Waals surface area contributed by atoms with Crippen molar-refractivity contribution in [3.63, 3.8) is 0 Å². The molecule has 3 aromatic rings. The quantitative estimate of drug-likeness (QED) is 0.610. The minimum absolute atomic E-state index is 0.00488. The second-order valence-electron chi connectivity index (χ2n) is 5.47. The lowest BCUT2D eigenvalue weighted by Gasteiger charge is -2.10. The predicted molar refractivity (Wildman–Crippen MR) is 105 cm³/mol. The molecule has 0 aliphatic rings. The molecule has 0 unspecified atom stereocenters. The van der Waals surface area contributed by atoms with Gasteiger partial charge >= 0.3 is 0 Å². The summed E-state index contributed by atoms with van der Waals surface area (Å²) in [7, 11) is -3.84. The molecule has 0 atom stereocenters. The Bertz CT molecular complexity index is 1060. The first-order valence-electron chi connectivity index (χ1n) is 8.01. The number of rotatable bonds is 7. The number of anilines is 2. The van der Waals surface area contributed by atoms with E-state index in [0.29, 0.717) is 16.5 Å². The van der Waals surface area contributed by atoms with Gasteiger partial charge in [0.2, 0.25) is 5.95 Å². The van der Waals surface area contributed by atoms with Crippen LogP contribution < -0.4 is 14.8 Å². The van der Waals surface area contributed by atoms with Gasteiger partial charge in [-0.15, -0.1) is 0 Å². The second kappa shape index (κ2) is 8.68. The first-order valence-corrected chi connectivity index (χ1v) is 9.87. The number of nitrogens with one attached hydrogen (secondary N) is 2. The van der Waals surface area contributed by atoms with Gasteiger partial charge in [0.15, 0.2) is 6.61 Å². The van der Waals surface area contributed by atoms with Gasteiger partial charge in [-0.25, -0.2) is 23.1 Å². The van der Waals surface area contributed by atoms with Crippen molar-refractivity contribution >= 4 is 39.2 Å². The number of para-hydroxylation sites is 1. The number of benzene rings is 2. The molecule has 144 valence electrons. The van der Waals surface area contributed by atoms with E-state index in [9.17, 15) is 13.2 Å². The molecule has 0 fully saturated rings. The van der Waals surface area contributed by atoms with Gasteiger partial charge in [0.1, 0.15) is 5.75 Å². The van der Waals surface area contributed by atoms with Crippen LogP contribution >= 0.6 is 11.6 Å². The first-order chi connectivity index (χ1) is 13.4. The van der Waals surface area contributed by atoms with E-state index in [1.807, 2.05) is 0 Å². The van der Waals surface area contributed by atoms with Crippen molar-refractivity contribution in [1.29, 1.82) is 0 Å². The van der Waals surface area contributed by atoms with Crippen molar-refractivity contribution in [1.82, 2.24) is 9.97 Å². The zero-order chi connectivity index (χ0) is 20.0. The van der Waals surface area contributed by atoms with Crippen LogP contribution in [0.15, 0.2) is 71.9 Å². The van der Waals surface area contributed by atoms with E-state index in [2.05, 4.69) is 20.0 Å². The van der Waals surface area contributed by atoms with Gasteiger partial charge in [-0.3, -0.25) is 4.79 Å². The summed E-state index contributed by atoms with van der Waals surface area (Å²) in [6.45, 7) is -0.239. The normalized spacial score (nSPS) is 10.9. The Morgan fingerprint density at radius 1 is 1.00 bits per heavy atom. The van der Waals surface area contributed by atoms with E-state index in [1.54, 1.807) is 30.3 Å². The van der Waals surface area contributed by atoms with Gasteiger partial charge in [0.05, 0.1) is 9.92 Å². The van der Waals surface area contributed by atoms with Crippen LogP contribution in [0.1, 0.15) is 0 Å². The molecule has 28 heavy (non-hydrogen) atoms. The van der Waals surface area contributed by atoms with Crippen molar-refractivity contribution in [3.05, 3.63) is 72.0 Å². The van der Waals surface area contributed by atoms with Crippen LogP contribution in [0, 0.1) is 0 Å². The molecule has 2 aromatic carbocycles. The number of ether oxygens (including phenoxy) is 1. The first kappa shape index (κ1) is 19.6. The van der Waals surface area contributed by atoms with Gasteiger partial charge in [-0.1, -0.05) is 23.7 Å². The lowest BCUT2D eigenvalue weighted by molar-refractivity contribution is -0.118. The average Bonchev–Trinajstić information content (AvgIpc) is 2.68. The van der Waals surface area contributed by atoms with Gasteiger partial charge < -0.3 is 10.1 Å². The largest absolute Gasteiger partial charge is 0.482 e. The van der Waals surface area contributed by atoms with Crippen molar-refractivity contribution in [2.45, 2.75) is 4.90 Å². The van der Waals surface area contributed by atoms with E-state index in [4.69, 9.17) is 16.3 Å². The number of sulfonamides is 1. The molecule has 0 spiro atoms. The smallest absolute Gasteiger partial charge is 0.264 e. The van der Waals surface area contributed by atoms with Gasteiger partial charge in [-0.05, 0) is 42.5 Å². The number of nitrogens with zero attached hydrogens (tertiary/aromatic N) is 2. The molecule has 10 heteroatoms. The topological polar surface area (TPSA) is 110 Å². The summed E-state index contributed by atoms with van der Waals surface area (Å²) in [4.78, 5) is 19.6. The van der Waals surface area contributed by atoms with E-state index < -0.39 is 15.9 Å². The van der Waals surface area contributed by atoms with Crippen LogP contribution in [0.2, 0.25) is 5.02 Å². The number of hydrogen-bond donors (Lipinski definition) is 2. The number of carbonyl (C=O) groups excluding carboxylic acids is 1. The number of carbonyl (C=O) groups is 1. The molecule has 0 saturated heterocycles. The molecule has 0 aliphatic carbocycles. The van der Waals surface area contributed by atoms with E-state index in [-0.39, 0.29) is 17.5 Å². The highest BCUT2D eigenvalue weighted by atomic mass is 35.5. The summed E-state index contributed by atoms with van der Waals surface area (Å²) in [5.74, 6) is -0.0436. The Morgan fingerprint density at radius 3 is 2.36 bits per heavy atom.